The minimum Gasteiger partial charge on any atom is -0.387 e. The van der Waals surface area contributed by atoms with Crippen LogP contribution in [0.1, 0.15) is 32.6 Å². The number of anilines is 1. The Morgan fingerprint density at radius 3 is 2.43 bits per heavy atom. The topological polar surface area (TPSA) is 101 Å². The molecule has 0 radical (unpaired) electrons. The lowest BCUT2D eigenvalue weighted by Gasteiger charge is -2.25. The molecule has 21 heavy (non-hydrogen) atoms. The maximum absolute atomic E-state index is 12.5. The average Bonchev–Trinajstić information content (AvgIpc) is 2.83. The van der Waals surface area contributed by atoms with Gasteiger partial charge in [-0.15, -0.1) is 0 Å². The number of nitrogens with zero attached hydrogens (tertiary/aromatic N) is 1. The molecule has 8 heteroatoms. The second kappa shape index (κ2) is 5.61. The highest BCUT2D eigenvalue weighted by atomic mass is 32.2. The van der Waals surface area contributed by atoms with Gasteiger partial charge >= 0.3 is 0 Å². The van der Waals surface area contributed by atoms with Crippen LogP contribution in [0.4, 0.5) is 11.4 Å². The Kier molecular flexibility index (Phi) is 4.20. The first kappa shape index (κ1) is 15.7. The molecule has 0 atom stereocenters. The standard InChI is InChI=1S/C13H19N3O4S/c1-13(7-3-4-8-13)15-21(19,20)12-6-5-10(16(17)18)9-11(12)14-2/h5-6,9,14-15H,3-4,7-8H2,1-2H3. The van der Waals surface area contributed by atoms with Crippen molar-refractivity contribution in [2.24, 2.45) is 0 Å². The summed E-state index contributed by atoms with van der Waals surface area (Å²) >= 11 is 0. The second-order valence-corrected chi connectivity index (χ2v) is 7.21. The lowest BCUT2D eigenvalue weighted by Crippen LogP contribution is -2.43. The minimum absolute atomic E-state index is 0.0312. The first-order chi connectivity index (χ1) is 9.77. The first-order valence-corrected chi connectivity index (χ1v) is 8.26. The Balaban J connectivity index is 2.37. The molecule has 2 rings (SSSR count). The fourth-order valence-electron chi connectivity index (χ4n) is 2.70. The molecule has 0 amide bonds. The molecule has 0 aliphatic heterocycles. The minimum atomic E-state index is -3.72. The number of hydrogen-bond acceptors (Lipinski definition) is 5. The van der Waals surface area contributed by atoms with Crippen LogP contribution in [0.25, 0.3) is 0 Å². The predicted octanol–water partition coefficient (Wildman–Crippen LogP) is 2.25. The maximum atomic E-state index is 12.5. The smallest absolute Gasteiger partial charge is 0.271 e. The van der Waals surface area contributed by atoms with Crippen molar-refractivity contribution in [3.8, 4) is 0 Å². The molecular formula is C13H19N3O4S. The monoisotopic (exact) mass is 313 g/mol. The SMILES string of the molecule is CNc1cc([N+](=O)[O-])ccc1S(=O)(=O)NC1(C)CCCC1. The lowest BCUT2D eigenvalue weighted by atomic mass is 10.0. The summed E-state index contributed by atoms with van der Waals surface area (Å²) < 4.78 is 27.8. The normalized spacial score (nSPS) is 17.6. The maximum Gasteiger partial charge on any atom is 0.271 e. The Morgan fingerprint density at radius 2 is 1.90 bits per heavy atom. The number of nitrogens with one attached hydrogen (secondary N) is 2. The molecule has 1 aromatic rings. The molecule has 0 aromatic heterocycles. The van der Waals surface area contributed by atoms with Gasteiger partial charge in [-0.2, -0.15) is 0 Å². The molecule has 1 aliphatic carbocycles. The summed E-state index contributed by atoms with van der Waals surface area (Å²) in [6.07, 6.45) is 3.60. The van der Waals surface area contributed by atoms with Crippen LogP contribution in [0.2, 0.25) is 0 Å². The predicted molar refractivity (Wildman–Crippen MR) is 79.8 cm³/mol. The molecule has 1 saturated carbocycles. The van der Waals surface area contributed by atoms with Crippen molar-refractivity contribution >= 4 is 21.4 Å². The fraction of sp³-hybridized carbons (Fsp3) is 0.538. The lowest BCUT2D eigenvalue weighted by molar-refractivity contribution is -0.384. The third-order valence-electron chi connectivity index (χ3n) is 3.82. The summed E-state index contributed by atoms with van der Waals surface area (Å²) in [6.45, 7) is 1.89. The van der Waals surface area contributed by atoms with Gasteiger partial charge in [0.2, 0.25) is 10.0 Å². The van der Waals surface area contributed by atoms with Gasteiger partial charge in [-0.05, 0) is 25.8 Å². The molecule has 0 saturated heterocycles. The molecule has 116 valence electrons. The zero-order chi connectivity index (χ0) is 15.7. The van der Waals surface area contributed by atoms with E-state index in [0.717, 1.165) is 25.7 Å². The van der Waals surface area contributed by atoms with Crippen LogP contribution >= 0.6 is 0 Å². The summed E-state index contributed by atoms with van der Waals surface area (Å²) in [7, 11) is -2.19. The van der Waals surface area contributed by atoms with Gasteiger partial charge in [-0.25, -0.2) is 13.1 Å². The highest BCUT2D eigenvalue weighted by molar-refractivity contribution is 7.89. The van der Waals surface area contributed by atoms with Crippen LogP contribution in [0.5, 0.6) is 0 Å². The van der Waals surface area contributed by atoms with Gasteiger partial charge in [0.05, 0.1) is 10.6 Å². The van der Waals surface area contributed by atoms with Gasteiger partial charge < -0.3 is 5.32 Å². The van der Waals surface area contributed by atoms with E-state index in [1.807, 2.05) is 6.92 Å². The van der Waals surface area contributed by atoms with Crippen molar-refractivity contribution in [2.45, 2.75) is 43.0 Å². The number of non-ortho nitro benzene ring substituents is 1. The van der Waals surface area contributed by atoms with Crippen LogP contribution in [0.3, 0.4) is 0 Å². The number of sulfonamides is 1. The summed E-state index contributed by atoms with van der Waals surface area (Å²) in [5.41, 5.74) is -0.366. The van der Waals surface area contributed by atoms with Gasteiger partial charge in [0.15, 0.2) is 0 Å². The summed E-state index contributed by atoms with van der Waals surface area (Å²) in [5.74, 6) is 0. The molecule has 1 aromatic carbocycles. The number of hydrogen-bond donors (Lipinski definition) is 2. The quantitative estimate of drug-likeness (QED) is 0.641. The molecule has 0 heterocycles. The highest BCUT2D eigenvalue weighted by Gasteiger charge is 2.34. The van der Waals surface area contributed by atoms with Crippen molar-refractivity contribution < 1.29 is 13.3 Å². The number of nitro groups is 1. The van der Waals surface area contributed by atoms with E-state index in [2.05, 4.69) is 10.0 Å². The van der Waals surface area contributed by atoms with E-state index < -0.39 is 20.5 Å². The number of rotatable bonds is 5. The fourth-order valence-corrected chi connectivity index (χ4v) is 4.36. The first-order valence-electron chi connectivity index (χ1n) is 6.78. The van der Waals surface area contributed by atoms with Crippen LogP contribution in [0, 0.1) is 10.1 Å². The van der Waals surface area contributed by atoms with Crippen molar-refractivity contribution in [1.29, 1.82) is 0 Å². The van der Waals surface area contributed by atoms with Gasteiger partial charge in [-0.3, -0.25) is 10.1 Å². The molecule has 7 nitrogen and oxygen atoms in total. The van der Waals surface area contributed by atoms with Crippen LogP contribution in [-0.2, 0) is 10.0 Å². The van der Waals surface area contributed by atoms with Crippen LogP contribution in [-0.4, -0.2) is 25.9 Å². The Hall–Kier alpha value is -1.67. The molecule has 1 fully saturated rings. The van der Waals surface area contributed by atoms with Crippen molar-refractivity contribution in [3.05, 3.63) is 28.3 Å². The molecule has 0 unspecified atom stereocenters. The molecular weight excluding hydrogens is 294 g/mol. The number of benzene rings is 1. The van der Waals surface area contributed by atoms with Crippen LogP contribution < -0.4 is 10.0 Å². The Morgan fingerprint density at radius 1 is 1.29 bits per heavy atom. The van der Waals surface area contributed by atoms with Gasteiger partial charge in [-0.1, -0.05) is 12.8 Å². The van der Waals surface area contributed by atoms with Crippen molar-refractivity contribution in [2.75, 3.05) is 12.4 Å². The summed E-state index contributed by atoms with van der Waals surface area (Å²) in [5, 5.41) is 13.5. The molecule has 1 aliphatic rings. The third-order valence-corrected chi connectivity index (χ3v) is 5.52. The van der Waals surface area contributed by atoms with Crippen molar-refractivity contribution in [1.82, 2.24) is 4.72 Å². The Labute approximate surface area is 123 Å². The second-order valence-electron chi connectivity index (χ2n) is 5.56. The van der Waals surface area contributed by atoms with Gasteiger partial charge in [0.25, 0.3) is 5.69 Å². The van der Waals surface area contributed by atoms with Gasteiger partial charge in [0.1, 0.15) is 4.90 Å². The zero-order valence-corrected chi connectivity index (χ0v) is 12.9. The summed E-state index contributed by atoms with van der Waals surface area (Å²) in [6, 6.07) is 3.70. The molecule has 0 spiro atoms. The van der Waals surface area contributed by atoms with E-state index in [1.165, 1.54) is 25.2 Å². The zero-order valence-electron chi connectivity index (χ0n) is 12.0. The van der Waals surface area contributed by atoms with E-state index in [9.17, 15) is 18.5 Å². The number of nitro benzene ring substituents is 1. The highest BCUT2D eigenvalue weighted by Crippen LogP contribution is 2.32. The Bertz CT molecular complexity index is 651. The van der Waals surface area contributed by atoms with Gasteiger partial charge in [0, 0.05) is 24.7 Å². The third kappa shape index (κ3) is 3.33. The van der Waals surface area contributed by atoms with E-state index in [4.69, 9.17) is 0 Å². The average molecular weight is 313 g/mol. The molecule has 0 bridgehead atoms. The van der Waals surface area contributed by atoms with E-state index >= 15 is 0 Å². The largest absolute Gasteiger partial charge is 0.387 e. The molecule has 2 N–H and O–H groups in total. The van der Waals surface area contributed by atoms with Crippen molar-refractivity contribution in [3.63, 3.8) is 0 Å². The van der Waals surface area contributed by atoms with E-state index in [-0.39, 0.29) is 16.3 Å². The summed E-state index contributed by atoms with van der Waals surface area (Å²) in [4.78, 5) is 10.3. The van der Waals surface area contributed by atoms with E-state index in [1.54, 1.807) is 0 Å². The van der Waals surface area contributed by atoms with E-state index in [0.29, 0.717) is 0 Å². The van der Waals surface area contributed by atoms with Crippen LogP contribution in [0.15, 0.2) is 23.1 Å².